The number of carbonyl (C=O) groups excluding carboxylic acids is 1. The van der Waals surface area contributed by atoms with E-state index in [-0.39, 0.29) is 11.8 Å². The molecule has 1 aliphatic rings. The van der Waals surface area contributed by atoms with Crippen molar-refractivity contribution in [2.24, 2.45) is 5.92 Å². The van der Waals surface area contributed by atoms with E-state index in [0.717, 1.165) is 23.6 Å². The molecular formula is C19H24N4O4S. The van der Waals surface area contributed by atoms with Gasteiger partial charge in [-0.3, -0.25) is 15.1 Å². The second-order valence-corrected chi connectivity index (χ2v) is 8.90. The zero-order valence-corrected chi connectivity index (χ0v) is 17.1. The molecule has 2 heterocycles. The van der Waals surface area contributed by atoms with Gasteiger partial charge >= 0.3 is 6.09 Å². The Morgan fingerprint density at radius 3 is 2.68 bits per heavy atom. The van der Waals surface area contributed by atoms with Crippen LogP contribution in [0, 0.1) is 16.0 Å². The van der Waals surface area contributed by atoms with Crippen molar-refractivity contribution in [2.45, 2.75) is 44.2 Å². The van der Waals surface area contributed by atoms with Gasteiger partial charge < -0.3 is 9.64 Å². The lowest BCUT2D eigenvalue weighted by molar-refractivity contribution is -0.384. The van der Waals surface area contributed by atoms with E-state index in [1.54, 1.807) is 28.9 Å². The van der Waals surface area contributed by atoms with Crippen molar-refractivity contribution in [1.82, 2.24) is 14.9 Å². The summed E-state index contributed by atoms with van der Waals surface area (Å²) in [6.07, 6.45) is 3.28. The van der Waals surface area contributed by atoms with Gasteiger partial charge in [0.05, 0.1) is 22.2 Å². The van der Waals surface area contributed by atoms with Crippen molar-refractivity contribution in [2.75, 3.05) is 18.8 Å². The molecule has 0 N–H and O–H groups in total. The average Bonchev–Trinajstić information content (AvgIpc) is 2.64. The van der Waals surface area contributed by atoms with E-state index >= 15 is 0 Å². The van der Waals surface area contributed by atoms with Crippen LogP contribution < -0.4 is 0 Å². The van der Waals surface area contributed by atoms with Gasteiger partial charge in [0.15, 0.2) is 0 Å². The van der Waals surface area contributed by atoms with Gasteiger partial charge in [-0.2, -0.15) is 0 Å². The molecule has 8 nitrogen and oxygen atoms in total. The van der Waals surface area contributed by atoms with Crippen molar-refractivity contribution in [3.63, 3.8) is 0 Å². The quantitative estimate of drug-likeness (QED) is 0.426. The topological polar surface area (TPSA) is 98.5 Å². The number of piperidine rings is 1. The minimum absolute atomic E-state index is 0.0129. The van der Waals surface area contributed by atoms with E-state index in [1.807, 2.05) is 20.8 Å². The molecule has 1 saturated heterocycles. The lowest BCUT2D eigenvalue weighted by Gasteiger charge is -2.33. The molecule has 0 atom stereocenters. The number of amides is 1. The van der Waals surface area contributed by atoms with Crippen molar-refractivity contribution in [1.29, 1.82) is 0 Å². The van der Waals surface area contributed by atoms with E-state index in [4.69, 9.17) is 4.74 Å². The third-order valence-electron chi connectivity index (χ3n) is 4.45. The highest BCUT2D eigenvalue weighted by Gasteiger charge is 2.26. The van der Waals surface area contributed by atoms with E-state index in [1.165, 1.54) is 12.1 Å². The van der Waals surface area contributed by atoms with Crippen molar-refractivity contribution >= 4 is 34.6 Å². The molecule has 3 rings (SSSR count). The highest BCUT2D eigenvalue weighted by Crippen LogP contribution is 2.27. The van der Waals surface area contributed by atoms with E-state index in [0.29, 0.717) is 30.0 Å². The fourth-order valence-electron chi connectivity index (χ4n) is 2.98. The van der Waals surface area contributed by atoms with Crippen molar-refractivity contribution < 1.29 is 14.5 Å². The first kappa shape index (κ1) is 20.3. The number of nitrogens with zero attached hydrogens (tertiary/aromatic N) is 4. The number of thioether (sulfide) groups is 1. The van der Waals surface area contributed by atoms with Crippen molar-refractivity contribution in [3.05, 3.63) is 34.5 Å². The minimum Gasteiger partial charge on any atom is -0.444 e. The van der Waals surface area contributed by atoms with E-state index < -0.39 is 10.5 Å². The van der Waals surface area contributed by atoms with Crippen molar-refractivity contribution in [3.8, 4) is 0 Å². The Morgan fingerprint density at radius 2 is 2.04 bits per heavy atom. The van der Waals surface area contributed by atoms with Crippen LogP contribution in [-0.4, -0.2) is 50.3 Å². The van der Waals surface area contributed by atoms with Gasteiger partial charge in [0.2, 0.25) is 0 Å². The standard InChI is InChI=1S/C19H24N4O4S/c1-19(2,3)27-18(24)22-8-6-13(7-9-22)12-28-17-11-20-16-10-14(23(25)26)4-5-15(16)21-17/h4-5,10-11,13H,6-9,12H2,1-3H3. The summed E-state index contributed by atoms with van der Waals surface area (Å²) < 4.78 is 5.43. The normalized spacial score (nSPS) is 15.6. The molecule has 150 valence electrons. The number of carbonyl (C=O) groups is 1. The third-order valence-corrected chi connectivity index (χ3v) is 5.58. The van der Waals surface area contributed by atoms with Crippen LogP contribution in [0.1, 0.15) is 33.6 Å². The van der Waals surface area contributed by atoms with Crippen LogP contribution in [0.2, 0.25) is 0 Å². The second-order valence-electron chi connectivity index (χ2n) is 7.86. The largest absolute Gasteiger partial charge is 0.444 e. The minimum atomic E-state index is -0.473. The summed E-state index contributed by atoms with van der Waals surface area (Å²) in [6, 6.07) is 4.50. The first-order valence-corrected chi connectivity index (χ1v) is 10.2. The Morgan fingerprint density at radius 1 is 1.32 bits per heavy atom. The van der Waals surface area contributed by atoms with Crippen LogP contribution in [0.5, 0.6) is 0 Å². The number of likely N-dealkylation sites (tertiary alicyclic amines) is 1. The Balaban J connectivity index is 1.52. The summed E-state index contributed by atoms with van der Waals surface area (Å²) in [5.41, 5.74) is 0.706. The molecule has 0 radical (unpaired) electrons. The molecule has 0 bridgehead atoms. The molecule has 9 heteroatoms. The summed E-state index contributed by atoms with van der Waals surface area (Å²) >= 11 is 1.63. The Labute approximate surface area is 167 Å². The number of fused-ring (bicyclic) bond motifs is 1. The van der Waals surface area contributed by atoms with Crippen LogP contribution >= 0.6 is 11.8 Å². The zero-order chi connectivity index (χ0) is 20.3. The maximum Gasteiger partial charge on any atom is 0.410 e. The van der Waals surface area contributed by atoms with Gasteiger partial charge in [0.1, 0.15) is 10.6 Å². The molecule has 28 heavy (non-hydrogen) atoms. The van der Waals surface area contributed by atoms with E-state index in [2.05, 4.69) is 9.97 Å². The zero-order valence-electron chi connectivity index (χ0n) is 16.3. The predicted molar refractivity (Wildman–Crippen MR) is 107 cm³/mol. The van der Waals surface area contributed by atoms with Crippen LogP contribution in [-0.2, 0) is 4.74 Å². The number of benzene rings is 1. The monoisotopic (exact) mass is 404 g/mol. The fourth-order valence-corrected chi connectivity index (χ4v) is 4.01. The van der Waals surface area contributed by atoms with Crippen LogP contribution in [0.4, 0.5) is 10.5 Å². The Kier molecular flexibility index (Phi) is 6.02. The molecule has 0 saturated carbocycles. The molecule has 0 spiro atoms. The fraction of sp³-hybridized carbons (Fsp3) is 0.526. The summed E-state index contributed by atoms with van der Waals surface area (Å²) in [7, 11) is 0. The summed E-state index contributed by atoms with van der Waals surface area (Å²) in [5, 5.41) is 11.6. The first-order chi connectivity index (χ1) is 13.2. The SMILES string of the molecule is CC(C)(C)OC(=O)N1CCC(CSc2cnc3cc([N+](=O)[O-])ccc3n2)CC1. The Bertz CT molecular complexity index is 876. The molecule has 1 aromatic heterocycles. The molecule has 1 aliphatic heterocycles. The average molecular weight is 404 g/mol. The van der Waals surface area contributed by atoms with Crippen LogP contribution in [0.15, 0.2) is 29.4 Å². The number of nitro benzene ring substituents is 1. The number of aromatic nitrogens is 2. The number of non-ortho nitro benzene ring substituents is 1. The number of hydrogen-bond donors (Lipinski definition) is 0. The molecule has 1 aromatic carbocycles. The lowest BCUT2D eigenvalue weighted by atomic mass is 9.99. The maximum absolute atomic E-state index is 12.1. The van der Waals surface area contributed by atoms with Gasteiger partial charge in [0.25, 0.3) is 5.69 Å². The van der Waals surface area contributed by atoms with Gasteiger partial charge in [-0.1, -0.05) is 0 Å². The first-order valence-electron chi connectivity index (χ1n) is 9.23. The van der Waals surface area contributed by atoms with E-state index in [9.17, 15) is 14.9 Å². The molecular weight excluding hydrogens is 380 g/mol. The molecule has 1 fully saturated rings. The predicted octanol–water partition coefficient (Wildman–Crippen LogP) is 4.28. The van der Waals surface area contributed by atoms with Gasteiger partial charge in [-0.25, -0.2) is 9.78 Å². The van der Waals surface area contributed by atoms with Crippen LogP contribution in [0.3, 0.4) is 0 Å². The highest BCUT2D eigenvalue weighted by atomic mass is 32.2. The number of nitro groups is 1. The maximum atomic E-state index is 12.1. The Hall–Kier alpha value is -2.42. The summed E-state index contributed by atoms with van der Waals surface area (Å²) in [4.78, 5) is 33.1. The van der Waals surface area contributed by atoms with Gasteiger partial charge in [-0.15, -0.1) is 11.8 Å². The molecule has 1 amide bonds. The third kappa shape index (κ3) is 5.31. The number of hydrogen-bond acceptors (Lipinski definition) is 7. The number of ether oxygens (including phenoxy) is 1. The smallest absolute Gasteiger partial charge is 0.410 e. The lowest BCUT2D eigenvalue weighted by Crippen LogP contribution is -2.42. The number of rotatable bonds is 4. The van der Waals surface area contributed by atoms with Gasteiger partial charge in [0, 0.05) is 31.0 Å². The summed E-state index contributed by atoms with van der Waals surface area (Å²) in [5.74, 6) is 1.40. The summed E-state index contributed by atoms with van der Waals surface area (Å²) in [6.45, 7) is 7.02. The van der Waals surface area contributed by atoms with Gasteiger partial charge in [-0.05, 0) is 45.6 Å². The highest BCUT2D eigenvalue weighted by molar-refractivity contribution is 7.99. The van der Waals surface area contributed by atoms with Crippen LogP contribution in [0.25, 0.3) is 11.0 Å². The second kappa shape index (κ2) is 8.30. The molecule has 0 unspecified atom stereocenters. The molecule has 0 aliphatic carbocycles. The molecule has 2 aromatic rings.